The van der Waals surface area contributed by atoms with Crippen LogP contribution in [0, 0.1) is 0 Å². The van der Waals surface area contributed by atoms with Crippen LogP contribution in [-0.4, -0.2) is 19.2 Å². The normalized spacial score (nSPS) is 15.3. The maximum absolute atomic E-state index is 12.5. The molecule has 1 aliphatic carbocycles. The van der Waals surface area contributed by atoms with E-state index in [2.05, 4.69) is 4.74 Å². The summed E-state index contributed by atoms with van der Waals surface area (Å²) in [6.45, 7) is 0. The van der Waals surface area contributed by atoms with Gasteiger partial charge in [0.1, 0.15) is 11.3 Å². The lowest BCUT2D eigenvalue weighted by Crippen LogP contribution is -2.11. The minimum absolute atomic E-state index is 0.00913. The van der Waals surface area contributed by atoms with E-state index in [1.807, 2.05) is 0 Å². The van der Waals surface area contributed by atoms with Gasteiger partial charge in [0.25, 0.3) is 0 Å². The number of alkyl halides is 3. The van der Waals surface area contributed by atoms with Crippen molar-refractivity contribution >= 4 is 5.97 Å². The van der Waals surface area contributed by atoms with Crippen LogP contribution in [0.1, 0.15) is 28.8 Å². The summed E-state index contributed by atoms with van der Waals surface area (Å²) in [5.41, 5.74) is -1.09. The molecule has 98 valence electrons. The van der Waals surface area contributed by atoms with Crippen molar-refractivity contribution in [3.8, 4) is 5.75 Å². The second-order valence-electron chi connectivity index (χ2n) is 4.02. The van der Waals surface area contributed by atoms with E-state index < -0.39 is 17.7 Å². The van der Waals surface area contributed by atoms with Crippen molar-refractivity contribution in [1.29, 1.82) is 0 Å². The molecule has 1 aromatic carbocycles. The second-order valence-corrected chi connectivity index (χ2v) is 4.02. The lowest BCUT2D eigenvalue weighted by molar-refractivity contribution is -0.137. The standard InChI is InChI=1S/C12H11F3O3/c1-17-11(16)9-6-7(12(13,14)15)2-5-10(9)18-8-3-4-8/h2,5-6,8H,3-4H2,1H3. The minimum Gasteiger partial charge on any atom is -0.490 e. The largest absolute Gasteiger partial charge is 0.490 e. The van der Waals surface area contributed by atoms with Gasteiger partial charge in [-0.3, -0.25) is 0 Å². The van der Waals surface area contributed by atoms with E-state index >= 15 is 0 Å². The first-order valence-corrected chi connectivity index (χ1v) is 5.38. The molecule has 0 bridgehead atoms. The maximum Gasteiger partial charge on any atom is 0.416 e. The number of carbonyl (C=O) groups is 1. The summed E-state index contributed by atoms with van der Waals surface area (Å²) < 4.78 is 47.5. The van der Waals surface area contributed by atoms with Crippen LogP contribution in [-0.2, 0) is 10.9 Å². The van der Waals surface area contributed by atoms with Gasteiger partial charge in [0.15, 0.2) is 0 Å². The first-order chi connectivity index (χ1) is 8.41. The third kappa shape index (κ3) is 2.75. The summed E-state index contributed by atoms with van der Waals surface area (Å²) in [6.07, 6.45) is -2.81. The Bertz CT molecular complexity index is 464. The zero-order valence-corrected chi connectivity index (χ0v) is 9.58. The predicted molar refractivity (Wildman–Crippen MR) is 56.4 cm³/mol. The number of hydrogen-bond donors (Lipinski definition) is 0. The first kappa shape index (κ1) is 12.7. The van der Waals surface area contributed by atoms with Gasteiger partial charge in [-0.1, -0.05) is 0 Å². The smallest absolute Gasteiger partial charge is 0.416 e. The second kappa shape index (κ2) is 4.51. The molecule has 0 heterocycles. The first-order valence-electron chi connectivity index (χ1n) is 5.38. The number of carbonyl (C=O) groups excluding carboxylic acids is 1. The Balaban J connectivity index is 2.37. The molecule has 6 heteroatoms. The van der Waals surface area contributed by atoms with E-state index in [-0.39, 0.29) is 17.4 Å². The Morgan fingerprint density at radius 1 is 1.33 bits per heavy atom. The third-order valence-corrected chi connectivity index (χ3v) is 2.53. The molecular weight excluding hydrogens is 249 g/mol. The van der Waals surface area contributed by atoms with Crippen LogP contribution in [0.2, 0.25) is 0 Å². The van der Waals surface area contributed by atoms with E-state index in [1.165, 1.54) is 0 Å². The number of hydrogen-bond acceptors (Lipinski definition) is 3. The lowest BCUT2D eigenvalue weighted by Gasteiger charge is -2.12. The third-order valence-electron chi connectivity index (χ3n) is 2.53. The average Bonchev–Trinajstić information content (AvgIpc) is 3.11. The molecule has 18 heavy (non-hydrogen) atoms. The Kier molecular flexibility index (Phi) is 3.19. The monoisotopic (exact) mass is 260 g/mol. The van der Waals surface area contributed by atoms with Crippen molar-refractivity contribution in [3.05, 3.63) is 29.3 Å². The quantitative estimate of drug-likeness (QED) is 0.783. The number of ether oxygens (including phenoxy) is 2. The predicted octanol–water partition coefficient (Wildman–Crippen LogP) is 3.03. The van der Waals surface area contributed by atoms with Gasteiger partial charge < -0.3 is 9.47 Å². The van der Waals surface area contributed by atoms with E-state index in [4.69, 9.17) is 4.74 Å². The SMILES string of the molecule is COC(=O)c1cc(C(F)(F)F)ccc1OC1CC1. The Morgan fingerprint density at radius 2 is 2.00 bits per heavy atom. The van der Waals surface area contributed by atoms with Gasteiger partial charge in [-0.15, -0.1) is 0 Å². The number of benzene rings is 1. The molecule has 3 nitrogen and oxygen atoms in total. The fraction of sp³-hybridized carbons (Fsp3) is 0.417. The van der Waals surface area contributed by atoms with Gasteiger partial charge in [0.05, 0.1) is 18.8 Å². The summed E-state index contributed by atoms with van der Waals surface area (Å²) in [6, 6.07) is 2.81. The number of methoxy groups -OCH3 is 1. The summed E-state index contributed by atoms with van der Waals surface area (Å²) in [5.74, 6) is -0.700. The molecule has 1 aromatic rings. The summed E-state index contributed by atoms with van der Waals surface area (Å²) >= 11 is 0. The van der Waals surface area contributed by atoms with Gasteiger partial charge in [0.2, 0.25) is 0 Å². The highest BCUT2D eigenvalue weighted by atomic mass is 19.4. The summed E-state index contributed by atoms with van der Waals surface area (Å²) in [4.78, 5) is 11.4. The summed E-state index contributed by atoms with van der Waals surface area (Å²) in [7, 11) is 1.11. The highest BCUT2D eigenvalue weighted by molar-refractivity contribution is 5.92. The fourth-order valence-corrected chi connectivity index (χ4v) is 1.44. The van der Waals surface area contributed by atoms with Crippen LogP contribution < -0.4 is 4.74 Å². The van der Waals surface area contributed by atoms with E-state index in [0.717, 1.165) is 38.2 Å². The number of esters is 1. The van der Waals surface area contributed by atoms with Crippen LogP contribution in [0.15, 0.2) is 18.2 Å². The average molecular weight is 260 g/mol. The molecule has 0 spiro atoms. The van der Waals surface area contributed by atoms with Gasteiger partial charge in [-0.25, -0.2) is 4.79 Å². The Morgan fingerprint density at radius 3 is 2.50 bits per heavy atom. The van der Waals surface area contributed by atoms with Crippen molar-refractivity contribution in [2.75, 3.05) is 7.11 Å². The number of rotatable bonds is 3. The van der Waals surface area contributed by atoms with Gasteiger partial charge in [-0.2, -0.15) is 13.2 Å². The fourth-order valence-electron chi connectivity index (χ4n) is 1.44. The molecule has 0 N–H and O–H groups in total. The van der Waals surface area contributed by atoms with Crippen LogP contribution in [0.4, 0.5) is 13.2 Å². The molecule has 0 atom stereocenters. The molecule has 1 fully saturated rings. The van der Waals surface area contributed by atoms with E-state index in [9.17, 15) is 18.0 Å². The van der Waals surface area contributed by atoms with E-state index in [0.29, 0.717) is 0 Å². The molecular formula is C12H11F3O3. The lowest BCUT2D eigenvalue weighted by atomic mass is 10.1. The zero-order valence-electron chi connectivity index (χ0n) is 9.58. The molecule has 0 saturated heterocycles. The summed E-state index contributed by atoms with van der Waals surface area (Å²) in [5, 5.41) is 0. The van der Waals surface area contributed by atoms with Crippen molar-refractivity contribution in [2.24, 2.45) is 0 Å². The molecule has 0 radical (unpaired) electrons. The van der Waals surface area contributed by atoms with Crippen molar-refractivity contribution in [1.82, 2.24) is 0 Å². The Labute approximate surface area is 102 Å². The van der Waals surface area contributed by atoms with Gasteiger partial charge in [-0.05, 0) is 31.0 Å². The van der Waals surface area contributed by atoms with Gasteiger partial charge in [0, 0.05) is 0 Å². The maximum atomic E-state index is 12.5. The van der Waals surface area contributed by atoms with Crippen molar-refractivity contribution in [3.63, 3.8) is 0 Å². The van der Waals surface area contributed by atoms with Crippen LogP contribution in [0.3, 0.4) is 0 Å². The van der Waals surface area contributed by atoms with Crippen LogP contribution in [0.25, 0.3) is 0 Å². The van der Waals surface area contributed by atoms with Crippen molar-refractivity contribution in [2.45, 2.75) is 25.1 Å². The molecule has 1 aliphatic rings. The molecule has 1 saturated carbocycles. The Hall–Kier alpha value is -1.72. The number of halogens is 3. The molecule has 0 unspecified atom stereocenters. The molecule has 0 amide bonds. The molecule has 0 aromatic heterocycles. The topological polar surface area (TPSA) is 35.5 Å². The van der Waals surface area contributed by atoms with E-state index in [1.54, 1.807) is 0 Å². The van der Waals surface area contributed by atoms with Gasteiger partial charge >= 0.3 is 12.1 Å². The van der Waals surface area contributed by atoms with Crippen LogP contribution in [0.5, 0.6) is 5.75 Å². The minimum atomic E-state index is -4.50. The highest BCUT2D eigenvalue weighted by Gasteiger charge is 2.33. The highest BCUT2D eigenvalue weighted by Crippen LogP contribution is 2.35. The molecule has 0 aliphatic heterocycles. The molecule has 2 rings (SSSR count). The zero-order chi connectivity index (χ0) is 13.3. The van der Waals surface area contributed by atoms with Crippen LogP contribution >= 0.6 is 0 Å². The van der Waals surface area contributed by atoms with Crippen molar-refractivity contribution < 1.29 is 27.4 Å².